The monoisotopic (exact) mass is 294 g/mol. The Hall–Kier alpha value is -1.62. The van der Waals surface area contributed by atoms with Crippen LogP contribution in [0.25, 0.3) is 0 Å². The van der Waals surface area contributed by atoms with Crippen LogP contribution in [0.1, 0.15) is 25.8 Å². The fourth-order valence-corrected chi connectivity index (χ4v) is 2.06. The van der Waals surface area contributed by atoms with Crippen molar-refractivity contribution in [3.05, 3.63) is 35.6 Å². The molecule has 0 radical (unpaired) electrons. The predicted molar refractivity (Wildman–Crippen MR) is 87.0 cm³/mol. The van der Waals surface area contributed by atoms with Gasteiger partial charge in [-0.2, -0.15) is 0 Å². The Kier molecular flexibility index (Phi) is 8.43. The van der Waals surface area contributed by atoms with Gasteiger partial charge in [0.05, 0.1) is 0 Å². The van der Waals surface area contributed by atoms with E-state index in [0.29, 0.717) is 6.54 Å². The molecule has 0 unspecified atom stereocenters. The second kappa shape index (κ2) is 10.2. The van der Waals surface area contributed by atoms with Gasteiger partial charge in [0.25, 0.3) is 0 Å². The van der Waals surface area contributed by atoms with Gasteiger partial charge in [-0.1, -0.05) is 26.0 Å². The number of halogens is 1. The summed E-state index contributed by atoms with van der Waals surface area (Å²) in [6, 6.07) is 6.49. The third-order valence-corrected chi connectivity index (χ3v) is 3.43. The maximum atomic E-state index is 12.8. The van der Waals surface area contributed by atoms with Crippen LogP contribution in [0.2, 0.25) is 0 Å². The molecule has 5 heteroatoms. The van der Waals surface area contributed by atoms with Crippen molar-refractivity contribution < 1.29 is 4.39 Å². The Morgan fingerprint density at radius 2 is 1.81 bits per heavy atom. The van der Waals surface area contributed by atoms with Crippen molar-refractivity contribution in [3.8, 4) is 0 Å². The fourth-order valence-electron chi connectivity index (χ4n) is 2.06. The fraction of sp³-hybridized carbons (Fsp3) is 0.562. The average molecular weight is 294 g/mol. The molecular formula is C16H27FN4. The maximum absolute atomic E-state index is 12.8. The molecule has 0 aliphatic carbocycles. The molecule has 0 amide bonds. The highest BCUT2D eigenvalue weighted by molar-refractivity contribution is 5.79. The molecule has 1 aromatic carbocycles. The second-order valence-electron chi connectivity index (χ2n) is 4.86. The number of nitrogens with one attached hydrogen (secondary N) is 2. The van der Waals surface area contributed by atoms with Crippen molar-refractivity contribution in [1.82, 2.24) is 15.5 Å². The summed E-state index contributed by atoms with van der Waals surface area (Å²) >= 11 is 0. The van der Waals surface area contributed by atoms with E-state index < -0.39 is 0 Å². The molecule has 1 aromatic rings. The lowest BCUT2D eigenvalue weighted by Gasteiger charge is -2.18. The van der Waals surface area contributed by atoms with Crippen LogP contribution in [0.15, 0.2) is 29.3 Å². The van der Waals surface area contributed by atoms with E-state index in [1.807, 2.05) is 0 Å². The summed E-state index contributed by atoms with van der Waals surface area (Å²) in [5.74, 6) is 0.566. The molecule has 0 saturated heterocycles. The zero-order chi connectivity index (χ0) is 15.5. The Bertz CT molecular complexity index is 413. The Labute approximate surface area is 127 Å². The van der Waals surface area contributed by atoms with Gasteiger partial charge in [0.1, 0.15) is 5.82 Å². The highest BCUT2D eigenvalue weighted by Gasteiger charge is 2.00. The van der Waals surface area contributed by atoms with Crippen LogP contribution in [0.5, 0.6) is 0 Å². The van der Waals surface area contributed by atoms with Gasteiger partial charge in [0.15, 0.2) is 5.96 Å². The molecule has 4 nitrogen and oxygen atoms in total. The van der Waals surface area contributed by atoms with E-state index in [9.17, 15) is 4.39 Å². The zero-order valence-electron chi connectivity index (χ0n) is 13.3. The summed E-state index contributed by atoms with van der Waals surface area (Å²) in [6.45, 7) is 9.16. The third kappa shape index (κ3) is 7.09. The van der Waals surface area contributed by atoms with E-state index in [0.717, 1.165) is 44.1 Å². The molecule has 0 spiro atoms. The molecule has 0 aliphatic rings. The van der Waals surface area contributed by atoms with E-state index in [1.165, 1.54) is 12.1 Å². The van der Waals surface area contributed by atoms with E-state index >= 15 is 0 Å². The first-order valence-corrected chi connectivity index (χ1v) is 7.60. The first kappa shape index (κ1) is 17.4. The number of hydrogen-bond donors (Lipinski definition) is 2. The largest absolute Gasteiger partial charge is 0.356 e. The second-order valence-corrected chi connectivity index (χ2v) is 4.86. The SMILES string of the molecule is CCN(CC)CCCNC(=NC)NCc1ccc(F)cc1. The average Bonchev–Trinajstić information content (AvgIpc) is 2.52. The van der Waals surface area contributed by atoms with Gasteiger partial charge in [-0.05, 0) is 43.8 Å². The smallest absolute Gasteiger partial charge is 0.191 e. The van der Waals surface area contributed by atoms with Crippen molar-refractivity contribution in [3.63, 3.8) is 0 Å². The van der Waals surface area contributed by atoms with Gasteiger partial charge in [-0.3, -0.25) is 4.99 Å². The standard InChI is InChI=1S/C16H27FN4/c1-4-21(5-2)12-6-11-19-16(18-3)20-13-14-7-9-15(17)10-8-14/h7-10H,4-6,11-13H2,1-3H3,(H2,18,19,20). The first-order valence-electron chi connectivity index (χ1n) is 7.60. The van der Waals surface area contributed by atoms with Gasteiger partial charge in [0.2, 0.25) is 0 Å². The minimum absolute atomic E-state index is 0.211. The summed E-state index contributed by atoms with van der Waals surface area (Å²) < 4.78 is 12.8. The number of hydrogen-bond acceptors (Lipinski definition) is 2. The number of rotatable bonds is 8. The van der Waals surface area contributed by atoms with E-state index in [1.54, 1.807) is 19.2 Å². The minimum atomic E-state index is -0.211. The quantitative estimate of drug-likeness (QED) is 0.439. The highest BCUT2D eigenvalue weighted by atomic mass is 19.1. The molecule has 0 aliphatic heterocycles. The van der Waals surface area contributed by atoms with Crippen LogP contribution in [0.4, 0.5) is 4.39 Å². The molecule has 0 aromatic heterocycles. The van der Waals surface area contributed by atoms with E-state index in [-0.39, 0.29) is 5.82 Å². The lowest BCUT2D eigenvalue weighted by molar-refractivity contribution is 0.300. The number of benzene rings is 1. The molecule has 118 valence electrons. The van der Waals surface area contributed by atoms with Crippen molar-refractivity contribution in [2.75, 3.05) is 33.2 Å². The molecule has 21 heavy (non-hydrogen) atoms. The Morgan fingerprint density at radius 3 is 2.38 bits per heavy atom. The van der Waals surface area contributed by atoms with Gasteiger partial charge >= 0.3 is 0 Å². The summed E-state index contributed by atoms with van der Waals surface area (Å²) in [4.78, 5) is 6.58. The van der Waals surface area contributed by atoms with Gasteiger partial charge < -0.3 is 15.5 Å². The molecule has 0 fully saturated rings. The predicted octanol–water partition coefficient (Wildman–Crippen LogP) is 2.22. The zero-order valence-corrected chi connectivity index (χ0v) is 13.3. The van der Waals surface area contributed by atoms with Crippen LogP contribution in [-0.4, -0.2) is 44.1 Å². The van der Waals surface area contributed by atoms with E-state index in [2.05, 4.69) is 34.4 Å². The van der Waals surface area contributed by atoms with Gasteiger partial charge in [-0.25, -0.2) is 4.39 Å². The topological polar surface area (TPSA) is 39.7 Å². The minimum Gasteiger partial charge on any atom is -0.356 e. The van der Waals surface area contributed by atoms with Crippen LogP contribution >= 0.6 is 0 Å². The van der Waals surface area contributed by atoms with Crippen molar-refractivity contribution >= 4 is 5.96 Å². The summed E-state index contributed by atoms with van der Waals surface area (Å²) in [6.07, 6.45) is 1.08. The number of guanidine groups is 1. The lowest BCUT2D eigenvalue weighted by Crippen LogP contribution is -2.38. The Balaban J connectivity index is 2.24. The first-order chi connectivity index (χ1) is 10.2. The van der Waals surface area contributed by atoms with E-state index in [4.69, 9.17) is 0 Å². The molecule has 2 N–H and O–H groups in total. The Morgan fingerprint density at radius 1 is 1.14 bits per heavy atom. The number of nitrogens with zero attached hydrogens (tertiary/aromatic N) is 2. The van der Waals surface area contributed by atoms with Gasteiger partial charge in [0, 0.05) is 20.1 Å². The highest BCUT2D eigenvalue weighted by Crippen LogP contribution is 2.01. The normalized spacial score (nSPS) is 11.8. The van der Waals surface area contributed by atoms with Crippen LogP contribution in [0.3, 0.4) is 0 Å². The van der Waals surface area contributed by atoms with Crippen molar-refractivity contribution in [2.45, 2.75) is 26.8 Å². The van der Waals surface area contributed by atoms with Crippen molar-refractivity contribution in [1.29, 1.82) is 0 Å². The molecule has 0 atom stereocenters. The third-order valence-electron chi connectivity index (χ3n) is 3.43. The molecule has 0 heterocycles. The molecule has 1 rings (SSSR count). The number of aliphatic imine (C=N–C) groups is 1. The summed E-state index contributed by atoms with van der Waals surface area (Å²) in [5.41, 5.74) is 1.03. The lowest BCUT2D eigenvalue weighted by atomic mass is 10.2. The van der Waals surface area contributed by atoms with Crippen LogP contribution in [0, 0.1) is 5.82 Å². The molecular weight excluding hydrogens is 267 g/mol. The maximum Gasteiger partial charge on any atom is 0.191 e. The summed E-state index contributed by atoms with van der Waals surface area (Å²) in [5, 5.41) is 6.52. The van der Waals surface area contributed by atoms with Crippen LogP contribution < -0.4 is 10.6 Å². The van der Waals surface area contributed by atoms with Crippen molar-refractivity contribution in [2.24, 2.45) is 4.99 Å². The molecule has 0 saturated carbocycles. The summed E-state index contributed by atoms with van der Waals surface area (Å²) in [7, 11) is 1.75. The van der Waals surface area contributed by atoms with Gasteiger partial charge in [-0.15, -0.1) is 0 Å². The molecule has 0 bridgehead atoms. The van der Waals surface area contributed by atoms with Crippen LogP contribution in [-0.2, 0) is 6.54 Å².